The average molecular weight is 282 g/mol. The summed E-state index contributed by atoms with van der Waals surface area (Å²) in [4.78, 5) is 9.48. The van der Waals surface area contributed by atoms with E-state index < -0.39 is 0 Å². The summed E-state index contributed by atoms with van der Waals surface area (Å²) in [5.74, 6) is 1.67. The third kappa shape index (κ3) is 3.61. The Kier molecular flexibility index (Phi) is 5.06. The molecule has 1 fully saturated rings. The molecule has 1 aliphatic rings. The largest absolute Gasteiger partial charge is 0.356 e. The number of hydrogen-bond donors (Lipinski definition) is 0. The van der Waals surface area contributed by atoms with Crippen LogP contribution in [0, 0.1) is 0 Å². The zero-order valence-electron chi connectivity index (χ0n) is 12.2. The molecular formula is C15H24ClN3. The van der Waals surface area contributed by atoms with Crippen molar-refractivity contribution in [2.45, 2.75) is 38.1 Å². The van der Waals surface area contributed by atoms with Gasteiger partial charge in [0.05, 0.1) is 0 Å². The second-order valence-corrected chi connectivity index (χ2v) is 5.76. The van der Waals surface area contributed by atoms with E-state index in [0.29, 0.717) is 11.9 Å². The number of aryl methyl sites for hydroxylation is 1. The first-order chi connectivity index (χ1) is 9.13. The van der Waals surface area contributed by atoms with Crippen LogP contribution in [0.2, 0.25) is 0 Å². The van der Waals surface area contributed by atoms with Crippen molar-refractivity contribution in [3.63, 3.8) is 0 Å². The molecule has 3 nitrogen and oxygen atoms in total. The van der Waals surface area contributed by atoms with E-state index in [0.717, 1.165) is 31.0 Å². The lowest BCUT2D eigenvalue weighted by Crippen LogP contribution is -2.42. The first kappa shape index (κ1) is 14.6. The Hall–Kier alpha value is -0.800. The normalized spacial score (nSPS) is 17.2. The Morgan fingerprint density at radius 3 is 2.53 bits per heavy atom. The average Bonchev–Trinajstić information content (AvgIpc) is 2.46. The van der Waals surface area contributed by atoms with Gasteiger partial charge in [-0.05, 0) is 51.1 Å². The van der Waals surface area contributed by atoms with E-state index in [4.69, 9.17) is 16.6 Å². The van der Waals surface area contributed by atoms with Gasteiger partial charge in [-0.2, -0.15) is 0 Å². The Morgan fingerprint density at radius 2 is 2.00 bits per heavy atom. The van der Waals surface area contributed by atoms with Crippen molar-refractivity contribution in [3.8, 4) is 0 Å². The maximum absolute atomic E-state index is 5.98. The Morgan fingerprint density at radius 1 is 1.32 bits per heavy atom. The van der Waals surface area contributed by atoms with Gasteiger partial charge in [-0.3, -0.25) is 0 Å². The van der Waals surface area contributed by atoms with E-state index in [-0.39, 0.29) is 0 Å². The van der Waals surface area contributed by atoms with Gasteiger partial charge in [-0.1, -0.05) is 6.92 Å². The quantitative estimate of drug-likeness (QED) is 0.791. The molecule has 2 heterocycles. The molecule has 0 amide bonds. The molecule has 106 valence electrons. The van der Waals surface area contributed by atoms with Gasteiger partial charge in [0.1, 0.15) is 5.82 Å². The lowest BCUT2D eigenvalue weighted by atomic mass is 10.0. The van der Waals surface area contributed by atoms with E-state index in [1.165, 1.54) is 18.4 Å². The fraction of sp³-hybridized carbons (Fsp3) is 0.667. The van der Waals surface area contributed by atoms with Gasteiger partial charge in [0.25, 0.3) is 0 Å². The predicted molar refractivity (Wildman–Crippen MR) is 82.1 cm³/mol. The number of alkyl halides is 1. The van der Waals surface area contributed by atoms with Gasteiger partial charge >= 0.3 is 0 Å². The molecule has 1 aromatic heterocycles. The van der Waals surface area contributed by atoms with Crippen molar-refractivity contribution < 1.29 is 0 Å². The SMILES string of the molecule is CCc1cc(CCl)cc(N2CCC(N(C)C)CC2)n1. The second-order valence-electron chi connectivity index (χ2n) is 5.49. The lowest BCUT2D eigenvalue weighted by molar-refractivity contribution is 0.249. The number of pyridine rings is 1. The molecule has 0 aromatic carbocycles. The minimum atomic E-state index is 0.566. The molecule has 0 radical (unpaired) electrons. The van der Waals surface area contributed by atoms with Crippen molar-refractivity contribution in [2.24, 2.45) is 0 Å². The summed E-state index contributed by atoms with van der Waals surface area (Å²) >= 11 is 5.98. The van der Waals surface area contributed by atoms with Crippen LogP contribution in [0.3, 0.4) is 0 Å². The maximum Gasteiger partial charge on any atom is 0.129 e. The smallest absolute Gasteiger partial charge is 0.129 e. The Labute approximate surface area is 121 Å². The summed E-state index contributed by atoms with van der Waals surface area (Å²) in [6, 6.07) is 4.96. The van der Waals surface area contributed by atoms with Crippen LogP contribution in [0.1, 0.15) is 31.0 Å². The number of anilines is 1. The molecule has 0 spiro atoms. The Balaban J connectivity index is 2.10. The molecule has 0 N–H and O–H groups in total. The molecule has 4 heteroatoms. The molecule has 1 aliphatic heterocycles. The van der Waals surface area contributed by atoms with Gasteiger partial charge in [-0.25, -0.2) is 4.98 Å². The van der Waals surface area contributed by atoms with Crippen LogP contribution < -0.4 is 4.90 Å². The van der Waals surface area contributed by atoms with Crippen LogP contribution in [-0.2, 0) is 12.3 Å². The number of hydrogen-bond acceptors (Lipinski definition) is 3. The fourth-order valence-electron chi connectivity index (χ4n) is 2.66. The van der Waals surface area contributed by atoms with Crippen LogP contribution in [0.5, 0.6) is 0 Å². The number of piperidine rings is 1. The van der Waals surface area contributed by atoms with Crippen LogP contribution in [0.15, 0.2) is 12.1 Å². The van der Waals surface area contributed by atoms with Crippen LogP contribution in [0.4, 0.5) is 5.82 Å². The first-order valence-corrected chi connectivity index (χ1v) is 7.64. The van der Waals surface area contributed by atoms with Crippen molar-refractivity contribution in [1.29, 1.82) is 0 Å². The highest BCUT2D eigenvalue weighted by Crippen LogP contribution is 2.22. The van der Waals surface area contributed by atoms with E-state index in [1.54, 1.807) is 0 Å². The fourth-order valence-corrected chi connectivity index (χ4v) is 2.82. The monoisotopic (exact) mass is 281 g/mol. The molecule has 0 unspecified atom stereocenters. The van der Waals surface area contributed by atoms with Crippen molar-refractivity contribution in [1.82, 2.24) is 9.88 Å². The molecule has 0 saturated carbocycles. The number of halogens is 1. The molecule has 1 aromatic rings. The summed E-state index contributed by atoms with van der Waals surface area (Å²) in [5, 5.41) is 0. The summed E-state index contributed by atoms with van der Waals surface area (Å²) in [6.45, 7) is 4.32. The molecule has 19 heavy (non-hydrogen) atoms. The van der Waals surface area contributed by atoms with Crippen molar-refractivity contribution in [2.75, 3.05) is 32.1 Å². The zero-order valence-corrected chi connectivity index (χ0v) is 13.0. The number of nitrogens with zero attached hydrogens (tertiary/aromatic N) is 3. The topological polar surface area (TPSA) is 19.4 Å². The molecular weight excluding hydrogens is 258 g/mol. The minimum absolute atomic E-state index is 0.566. The minimum Gasteiger partial charge on any atom is -0.356 e. The van der Waals surface area contributed by atoms with E-state index in [9.17, 15) is 0 Å². The second kappa shape index (κ2) is 6.58. The van der Waals surface area contributed by atoms with Crippen LogP contribution in [0.25, 0.3) is 0 Å². The highest BCUT2D eigenvalue weighted by Gasteiger charge is 2.21. The number of aromatic nitrogens is 1. The molecule has 0 aliphatic carbocycles. The van der Waals surface area contributed by atoms with Crippen LogP contribution in [-0.4, -0.2) is 43.1 Å². The summed E-state index contributed by atoms with van der Waals surface area (Å²) in [7, 11) is 4.34. The molecule has 2 rings (SSSR count). The van der Waals surface area contributed by atoms with E-state index in [1.807, 2.05) is 0 Å². The highest BCUT2D eigenvalue weighted by molar-refractivity contribution is 6.17. The number of rotatable bonds is 4. The maximum atomic E-state index is 5.98. The third-order valence-electron chi connectivity index (χ3n) is 3.96. The van der Waals surface area contributed by atoms with Crippen molar-refractivity contribution in [3.05, 3.63) is 23.4 Å². The zero-order chi connectivity index (χ0) is 13.8. The Bertz CT molecular complexity index is 390. The summed E-state index contributed by atoms with van der Waals surface area (Å²) in [6.07, 6.45) is 3.38. The van der Waals surface area contributed by atoms with E-state index >= 15 is 0 Å². The van der Waals surface area contributed by atoms with Crippen LogP contribution >= 0.6 is 11.6 Å². The van der Waals surface area contributed by atoms with Gasteiger partial charge < -0.3 is 9.80 Å². The standard InChI is InChI=1S/C15H24ClN3/c1-4-13-9-12(11-16)10-15(17-13)19-7-5-14(6-8-19)18(2)3/h9-10,14H,4-8,11H2,1-3H3. The molecule has 1 saturated heterocycles. The summed E-state index contributed by atoms with van der Waals surface area (Å²) < 4.78 is 0. The third-order valence-corrected chi connectivity index (χ3v) is 4.27. The summed E-state index contributed by atoms with van der Waals surface area (Å²) in [5.41, 5.74) is 2.32. The molecule has 0 atom stereocenters. The van der Waals surface area contributed by atoms with Gasteiger partial charge in [0.2, 0.25) is 0 Å². The van der Waals surface area contributed by atoms with Gasteiger partial charge in [0.15, 0.2) is 0 Å². The van der Waals surface area contributed by atoms with Crippen molar-refractivity contribution >= 4 is 17.4 Å². The lowest BCUT2D eigenvalue weighted by Gasteiger charge is -2.36. The molecule has 0 bridgehead atoms. The van der Waals surface area contributed by atoms with Gasteiger partial charge in [-0.15, -0.1) is 11.6 Å². The van der Waals surface area contributed by atoms with E-state index in [2.05, 4.69) is 43.0 Å². The first-order valence-electron chi connectivity index (χ1n) is 7.11. The predicted octanol–water partition coefficient (Wildman–Crippen LogP) is 2.91. The van der Waals surface area contributed by atoms with Gasteiger partial charge in [0, 0.05) is 30.7 Å². The highest BCUT2D eigenvalue weighted by atomic mass is 35.5.